The second-order valence-electron chi connectivity index (χ2n) is 11.2. The summed E-state index contributed by atoms with van der Waals surface area (Å²) < 4.78 is 5.48. The Balaban J connectivity index is 2.04. The molecule has 2 N–H and O–H groups in total. The number of nitrogens with zero attached hydrogens (tertiary/aromatic N) is 1. The van der Waals surface area contributed by atoms with E-state index in [-0.39, 0.29) is 17.9 Å². The SMILES string of the molecule is CCc1ccc(C(C(=O)Nc2c(C)cccc2Cl)N(C(=O)C(CCSC)NC(=O)OC(C)(C)C)C2CCC2)cc1. The molecule has 0 bridgehead atoms. The lowest BCUT2D eigenvalue weighted by molar-refractivity contribution is -0.145. The fourth-order valence-corrected chi connectivity index (χ4v) is 5.40. The number of halogens is 1. The Morgan fingerprint density at radius 3 is 2.33 bits per heavy atom. The number of hydrogen-bond acceptors (Lipinski definition) is 5. The number of carbonyl (C=O) groups is 3. The molecule has 1 fully saturated rings. The lowest BCUT2D eigenvalue weighted by atomic mass is 9.87. The van der Waals surface area contributed by atoms with Crippen molar-refractivity contribution in [2.45, 2.75) is 90.4 Å². The minimum absolute atomic E-state index is 0.126. The van der Waals surface area contributed by atoms with Crippen LogP contribution >= 0.6 is 23.4 Å². The Bertz CT molecular complexity index is 1160. The van der Waals surface area contributed by atoms with Crippen LogP contribution in [0.25, 0.3) is 0 Å². The molecule has 2 atom stereocenters. The maximum atomic E-state index is 14.4. The van der Waals surface area contributed by atoms with Crippen molar-refractivity contribution in [3.05, 3.63) is 64.2 Å². The van der Waals surface area contributed by atoms with Gasteiger partial charge >= 0.3 is 6.09 Å². The predicted molar refractivity (Wildman–Crippen MR) is 164 cm³/mol. The number of anilines is 1. The molecule has 0 heterocycles. The number of alkyl carbamates (subject to hydrolysis) is 1. The van der Waals surface area contributed by atoms with Gasteiger partial charge < -0.3 is 20.3 Å². The fraction of sp³-hybridized carbons (Fsp3) is 0.516. The van der Waals surface area contributed by atoms with Crippen molar-refractivity contribution in [1.82, 2.24) is 10.2 Å². The minimum atomic E-state index is -0.906. The molecule has 1 aliphatic rings. The van der Waals surface area contributed by atoms with Crippen molar-refractivity contribution in [2.24, 2.45) is 0 Å². The van der Waals surface area contributed by atoms with Crippen LogP contribution < -0.4 is 10.6 Å². The highest BCUT2D eigenvalue weighted by molar-refractivity contribution is 7.98. The monoisotopic (exact) mass is 587 g/mol. The minimum Gasteiger partial charge on any atom is -0.444 e. The van der Waals surface area contributed by atoms with Gasteiger partial charge in [0.25, 0.3) is 5.91 Å². The maximum Gasteiger partial charge on any atom is 0.408 e. The summed E-state index contributed by atoms with van der Waals surface area (Å²) in [4.78, 5) is 42.9. The highest BCUT2D eigenvalue weighted by Crippen LogP contribution is 2.36. The number of aryl methyl sites for hydroxylation is 2. The Morgan fingerprint density at radius 2 is 1.80 bits per heavy atom. The van der Waals surface area contributed by atoms with E-state index in [1.165, 1.54) is 0 Å². The molecule has 2 unspecified atom stereocenters. The van der Waals surface area contributed by atoms with Crippen LogP contribution in [0.4, 0.5) is 10.5 Å². The first-order chi connectivity index (χ1) is 18.9. The molecule has 0 saturated heterocycles. The van der Waals surface area contributed by atoms with E-state index < -0.39 is 23.8 Å². The van der Waals surface area contributed by atoms with Gasteiger partial charge in [-0.25, -0.2) is 4.79 Å². The topological polar surface area (TPSA) is 87.7 Å². The zero-order valence-corrected chi connectivity index (χ0v) is 26.0. The predicted octanol–water partition coefficient (Wildman–Crippen LogP) is 6.92. The second-order valence-corrected chi connectivity index (χ2v) is 12.6. The summed E-state index contributed by atoms with van der Waals surface area (Å²) in [7, 11) is 0. The molecule has 0 spiro atoms. The van der Waals surface area contributed by atoms with Gasteiger partial charge in [-0.3, -0.25) is 9.59 Å². The molecule has 3 amide bonds. The molecule has 1 saturated carbocycles. The average molecular weight is 588 g/mol. The molecule has 2 aromatic carbocycles. The summed E-state index contributed by atoms with van der Waals surface area (Å²) in [5, 5.41) is 6.25. The highest BCUT2D eigenvalue weighted by atomic mass is 35.5. The molecule has 3 rings (SSSR count). The van der Waals surface area contributed by atoms with E-state index in [2.05, 4.69) is 17.6 Å². The smallest absolute Gasteiger partial charge is 0.408 e. The second kappa shape index (κ2) is 14.3. The van der Waals surface area contributed by atoms with Crippen LogP contribution in [-0.4, -0.2) is 52.5 Å². The van der Waals surface area contributed by atoms with Crippen LogP contribution in [0.2, 0.25) is 5.02 Å². The summed E-state index contributed by atoms with van der Waals surface area (Å²) in [6, 6.07) is 11.4. The molecule has 218 valence electrons. The van der Waals surface area contributed by atoms with Crippen molar-refractivity contribution in [3.8, 4) is 0 Å². The van der Waals surface area contributed by atoms with Gasteiger partial charge in [-0.1, -0.05) is 54.9 Å². The van der Waals surface area contributed by atoms with Gasteiger partial charge in [0.2, 0.25) is 5.91 Å². The van der Waals surface area contributed by atoms with E-state index in [4.69, 9.17) is 16.3 Å². The van der Waals surface area contributed by atoms with Crippen LogP contribution in [0.3, 0.4) is 0 Å². The molecular weight excluding hydrogens is 546 g/mol. The number of rotatable bonds is 11. The van der Waals surface area contributed by atoms with Crippen molar-refractivity contribution in [2.75, 3.05) is 17.3 Å². The third-order valence-electron chi connectivity index (χ3n) is 7.02. The highest BCUT2D eigenvalue weighted by Gasteiger charge is 2.42. The molecule has 0 radical (unpaired) electrons. The number of carbonyl (C=O) groups excluding carboxylic acids is 3. The number of para-hydroxylation sites is 1. The lowest BCUT2D eigenvalue weighted by Gasteiger charge is -2.43. The summed E-state index contributed by atoms with van der Waals surface area (Å²) in [5.41, 5.74) is 2.49. The zero-order valence-electron chi connectivity index (χ0n) is 24.4. The van der Waals surface area contributed by atoms with Crippen molar-refractivity contribution in [3.63, 3.8) is 0 Å². The maximum absolute atomic E-state index is 14.4. The molecule has 1 aliphatic carbocycles. The van der Waals surface area contributed by atoms with Crippen LogP contribution in [-0.2, 0) is 20.7 Å². The molecule has 0 aromatic heterocycles. The summed E-state index contributed by atoms with van der Waals surface area (Å²) in [6.07, 6.45) is 5.12. The Hall–Kier alpha value is -2.71. The molecular formula is C31H42ClN3O4S. The molecule has 7 nitrogen and oxygen atoms in total. The number of benzene rings is 2. The van der Waals surface area contributed by atoms with E-state index in [0.717, 1.165) is 36.8 Å². The fourth-order valence-electron chi connectivity index (χ4n) is 4.66. The quantitative estimate of drug-likeness (QED) is 0.298. The third-order valence-corrected chi connectivity index (χ3v) is 7.98. The molecule has 40 heavy (non-hydrogen) atoms. The summed E-state index contributed by atoms with van der Waals surface area (Å²) in [6.45, 7) is 9.29. The van der Waals surface area contributed by atoms with Crippen LogP contribution in [0, 0.1) is 6.92 Å². The van der Waals surface area contributed by atoms with Crippen LogP contribution in [0.1, 0.15) is 76.1 Å². The third kappa shape index (κ3) is 8.40. The van der Waals surface area contributed by atoms with E-state index >= 15 is 0 Å². The number of nitrogens with one attached hydrogen (secondary N) is 2. The van der Waals surface area contributed by atoms with Gasteiger partial charge in [0.15, 0.2) is 0 Å². The number of thioether (sulfide) groups is 1. The van der Waals surface area contributed by atoms with E-state index in [9.17, 15) is 14.4 Å². The standard InChI is InChI=1S/C31H42ClN3O4S/c1-7-21-14-16-22(17-15-21)27(28(36)34-26-20(2)10-8-13-24(26)32)35(23-11-9-12-23)29(37)25(18-19-40-6)33-30(38)39-31(3,4)5/h8,10,13-17,23,25,27H,7,9,11-12,18-19H2,1-6H3,(H,33,38)(H,34,36). The van der Waals surface area contributed by atoms with Gasteiger partial charge in [-0.2, -0.15) is 11.8 Å². The van der Waals surface area contributed by atoms with Crippen LogP contribution in [0.5, 0.6) is 0 Å². The van der Waals surface area contributed by atoms with E-state index in [1.54, 1.807) is 43.5 Å². The van der Waals surface area contributed by atoms with Gasteiger partial charge in [-0.05, 0) is 94.6 Å². The normalized spacial score (nSPS) is 15.0. The van der Waals surface area contributed by atoms with Gasteiger partial charge in [-0.15, -0.1) is 0 Å². The molecule has 0 aliphatic heterocycles. The van der Waals surface area contributed by atoms with Crippen molar-refractivity contribution >= 4 is 47.0 Å². The Morgan fingerprint density at radius 1 is 1.12 bits per heavy atom. The zero-order chi connectivity index (χ0) is 29.4. The Kier molecular flexibility index (Phi) is 11.3. The summed E-state index contributed by atoms with van der Waals surface area (Å²) in [5.74, 6) is 0.0211. The Labute approximate surface area is 247 Å². The number of hydrogen-bond donors (Lipinski definition) is 2. The van der Waals surface area contributed by atoms with E-state index in [0.29, 0.717) is 28.4 Å². The number of amides is 3. The van der Waals surface area contributed by atoms with Crippen molar-refractivity contribution in [1.29, 1.82) is 0 Å². The largest absolute Gasteiger partial charge is 0.444 e. The first-order valence-corrected chi connectivity index (χ1v) is 15.7. The lowest BCUT2D eigenvalue weighted by Crippen LogP contribution is -2.57. The molecule has 9 heteroatoms. The van der Waals surface area contributed by atoms with Gasteiger partial charge in [0, 0.05) is 6.04 Å². The van der Waals surface area contributed by atoms with Gasteiger partial charge in [0.05, 0.1) is 10.7 Å². The summed E-state index contributed by atoms with van der Waals surface area (Å²) >= 11 is 8.06. The van der Waals surface area contributed by atoms with E-state index in [1.807, 2.05) is 49.6 Å². The first-order valence-electron chi connectivity index (χ1n) is 13.9. The van der Waals surface area contributed by atoms with Crippen LogP contribution in [0.15, 0.2) is 42.5 Å². The number of ether oxygens (including phenoxy) is 1. The first kappa shape index (κ1) is 31.8. The molecule has 2 aromatic rings. The van der Waals surface area contributed by atoms with Gasteiger partial charge in [0.1, 0.15) is 17.7 Å². The average Bonchev–Trinajstić information content (AvgIpc) is 2.86. The van der Waals surface area contributed by atoms with Crippen molar-refractivity contribution < 1.29 is 19.1 Å².